The van der Waals surface area contributed by atoms with Gasteiger partial charge in [-0.05, 0) is 62.4 Å². The Morgan fingerprint density at radius 3 is 2.57 bits per heavy atom. The van der Waals surface area contributed by atoms with Crippen LogP contribution < -0.4 is 9.64 Å². The van der Waals surface area contributed by atoms with E-state index in [0.29, 0.717) is 36.8 Å². The van der Waals surface area contributed by atoms with Crippen LogP contribution >= 0.6 is 22.6 Å². The quantitative estimate of drug-likeness (QED) is 0.375. The molecule has 0 bridgehead atoms. The fourth-order valence-corrected chi connectivity index (χ4v) is 4.77. The summed E-state index contributed by atoms with van der Waals surface area (Å²) in [5, 5.41) is 0.785. The summed E-state index contributed by atoms with van der Waals surface area (Å²) >= 11 is 2.17. The second-order valence-electron chi connectivity index (χ2n) is 9.26. The van der Waals surface area contributed by atoms with Gasteiger partial charge in [-0.1, -0.05) is 6.07 Å². The third-order valence-corrected chi connectivity index (χ3v) is 6.22. The molecule has 8 nitrogen and oxygen atoms in total. The smallest absolute Gasteiger partial charge is 0.444 e. The normalized spacial score (nSPS) is 17.1. The van der Waals surface area contributed by atoms with Gasteiger partial charge in [0.25, 0.3) is 0 Å². The van der Waals surface area contributed by atoms with Gasteiger partial charge in [0.2, 0.25) is 0 Å². The van der Waals surface area contributed by atoms with Crippen LogP contribution in [0.1, 0.15) is 27.7 Å². The monoisotopic (exact) mass is 603 g/mol. The second kappa shape index (κ2) is 9.36. The van der Waals surface area contributed by atoms with Crippen LogP contribution in [-0.4, -0.2) is 63.2 Å². The van der Waals surface area contributed by atoms with E-state index in [1.165, 1.54) is 24.5 Å². The molecule has 0 aliphatic carbocycles. The van der Waals surface area contributed by atoms with Gasteiger partial charge < -0.3 is 19.3 Å². The van der Waals surface area contributed by atoms with Gasteiger partial charge in [0.1, 0.15) is 23.5 Å². The molecule has 0 radical (unpaired) electrons. The Morgan fingerprint density at radius 1 is 1.17 bits per heavy atom. The molecular formula is C23H25F3IN5O3. The highest BCUT2D eigenvalue weighted by molar-refractivity contribution is 14.1. The summed E-state index contributed by atoms with van der Waals surface area (Å²) in [6, 6.07) is 5.63. The van der Waals surface area contributed by atoms with Crippen LogP contribution in [0.3, 0.4) is 0 Å². The lowest BCUT2D eigenvalue weighted by molar-refractivity contribution is -0.274. The van der Waals surface area contributed by atoms with E-state index < -0.39 is 12.0 Å². The summed E-state index contributed by atoms with van der Waals surface area (Å²) < 4.78 is 50.2. The van der Waals surface area contributed by atoms with Gasteiger partial charge in [0.15, 0.2) is 5.65 Å². The predicted molar refractivity (Wildman–Crippen MR) is 133 cm³/mol. The lowest BCUT2D eigenvalue weighted by Gasteiger charge is -2.40. The summed E-state index contributed by atoms with van der Waals surface area (Å²) in [4.78, 5) is 25.3. The number of halogens is 4. The molecule has 0 N–H and O–H groups in total. The Hall–Kier alpha value is -2.77. The minimum absolute atomic E-state index is 0.112. The molecule has 4 rings (SSSR count). The average Bonchev–Trinajstić information content (AvgIpc) is 3.08. The van der Waals surface area contributed by atoms with Crippen LogP contribution in [0, 0.1) is 3.57 Å². The van der Waals surface area contributed by atoms with Crippen LogP contribution in [0.25, 0.3) is 16.7 Å². The van der Waals surface area contributed by atoms with Crippen LogP contribution in [0.4, 0.5) is 23.8 Å². The Kier molecular flexibility index (Phi) is 6.77. The Balaban J connectivity index is 1.63. The molecule has 0 saturated carbocycles. The van der Waals surface area contributed by atoms with Crippen LogP contribution in [0.2, 0.25) is 0 Å². The standard InChI is InChI=1S/C23H25F3IN5O3/c1-14-11-30(8-9-31(14)21(33)35-22(2,3)4)19-18-17(27)12-32(20(18)29-13-28-19)15-6-5-7-16(10-15)34-23(24,25)26/h5-7,10,12-14H,8-9,11H2,1-4H3. The third-order valence-electron chi connectivity index (χ3n) is 5.40. The van der Waals surface area contributed by atoms with Crippen LogP contribution in [-0.2, 0) is 4.74 Å². The summed E-state index contributed by atoms with van der Waals surface area (Å²) in [5.74, 6) is 0.393. The molecule has 1 unspecified atom stereocenters. The van der Waals surface area contributed by atoms with Crippen molar-refractivity contribution in [3.8, 4) is 11.4 Å². The number of hydrogen-bond donors (Lipinski definition) is 0. The van der Waals surface area contributed by atoms with Gasteiger partial charge in [0, 0.05) is 41.5 Å². The largest absolute Gasteiger partial charge is 0.573 e. The first-order chi connectivity index (χ1) is 16.3. The highest BCUT2D eigenvalue weighted by Crippen LogP contribution is 2.33. The number of benzene rings is 1. The SMILES string of the molecule is CC1CN(c2ncnc3c2c(I)cn3-c2cccc(OC(F)(F)F)c2)CCN1C(=O)OC(C)(C)C. The van der Waals surface area contributed by atoms with Crippen molar-refractivity contribution >= 4 is 45.5 Å². The first kappa shape index (κ1) is 25.3. The number of carbonyl (C=O) groups is 1. The Labute approximate surface area is 214 Å². The molecule has 3 aromatic rings. The first-order valence-corrected chi connectivity index (χ1v) is 12.0. The van der Waals surface area contributed by atoms with Gasteiger partial charge in [-0.25, -0.2) is 14.8 Å². The maximum Gasteiger partial charge on any atom is 0.573 e. The highest BCUT2D eigenvalue weighted by Gasteiger charge is 2.33. The number of alkyl halides is 3. The van der Waals surface area contributed by atoms with E-state index in [4.69, 9.17) is 4.74 Å². The average molecular weight is 603 g/mol. The van der Waals surface area contributed by atoms with E-state index in [2.05, 4.69) is 42.2 Å². The topological polar surface area (TPSA) is 72.7 Å². The molecule has 35 heavy (non-hydrogen) atoms. The number of amides is 1. The summed E-state index contributed by atoms with van der Waals surface area (Å²) in [6.45, 7) is 9.02. The molecule has 12 heteroatoms. The molecule has 1 saturated heterocycles. The molecule has 2 aromatic heterocycles. The van der Waals surface area contributed by atoms with Crippen molar-refractivity contribution in [2.45, 2.75) is 45.7 Å². The zero-order valence-corrected chi connectivity index (χ0v) is 21.8. The van der Waals surface area contributed by atoms with Gasteiger partial charge in [-0.15, -0.1) is 13.2 Å². The van der Waals surface area contributed by atoms with Gasteiger partial charge in [0.05, 0.1) is 11.1 Å². The van der Waals surface area contributed by atoms with E-state index >= 15 is 0 Å². The van der Waals surface area contributed by atoms with E-state index in [0.717, 1.165) is 8.96 Å². The minimum atomic E-state index is -4.78. The minimum Gasteiger partial charge on any atom is -0.444 e. The zero-order valence-electron chi connectivity index (χ0n) is 19.6. The number of rotatable bonds is 3. The number of ether oxygens (including phenoxy) is 2. The van der Waals surface area contributed by atoms with Crippen molar-refractivity contribution < 1.29 is 27.4 Å². The van der Waals surface area contributed by atoms with Crippen LogP contribution in [0.5, 0.6) is 5.75 Å². The summed E-state index contributed by atoms with van der Waals surface area (Å²) in [6.07, 6.45) is -1.89. The Bertz CT molecular complexity index is 1240. The van der Waals surface area contributed by atoms with Gasteiger partial charge in [-0.2, -0.15) is 0 Å². The lowest BCUT2D eigenvalue weighted by atomic mass is 10.2. The number of fused-ring (bicyclic) bond motifs is 1. The lowest BCUT2D eigenvalue weighted by Crippen LogP contribution is -2.55. The number of aromatic nitrogens is 3. The van der Waals surface area contributed by atoms with Crippen molar-refractivity contribution in [2.75, 3.05) is 24.5 Å². The fraction of sp³-hybridized carbons (Fsp3) is 0.435. The number of nitrogens with zero attached hydrogens (tertiary/aromatic N) is 5. The van der Waals surface area contributed by atoms with E-state index in [1.54, 1.807) is 21.7 Å². The second-order valence-corrected chi connectivity index (χ2v) is 10.4. The molecular weight excluding hydrogens is 578 g/mol. The van der Waals surface area contributed by atoms with Crippen LogP contribution in [0.15, 0.2) is 36.8 Å². The van der Waals surface area contributed by atoms with E-state index in [9.17, 15) is 18.0 Å². The maximum absolute atomic E-state index is 12.7. The highest BCUT2D eigenvalue weighted by atomic mass is 127. The van der Waals surface area contributed by atoms with E-state index in [-0.39, 0.29) is 17.9 Å². The van der Waals surface area contributed by atoms with Crippen molar-refractivity contribution in [3.63, 3.8) is 0 Å². The summed E-state index contributed by atoms with van der Waals surface area (Å²) in [5.41, 5.74) is 0.465. The maximum atomic E-state index is 12.7. The molecule has 0 spiro atoms. The predicted octanol–water partition coefficient (Wildman–Crippen LogP) is 5.37. The Morgan fingerprint density at radius 2 is 1.91 bits per heavy atom. The molecule has 3 heterocycles. The van der Waals surface area contributed by atoms with Crippen molar-refractivity contribution in [2.24, 2.45) is 0 Å². The zero-order chi connectivity index (χ0) is 25.5. The van der Waals surface area contributed by atoms with Crippen molar-refractivity contribution in [3.05, 3.63) is 40.4 Å². The number of hydrogen-bond acceptors (Lipinski definition) is 6. The molecule has 1 amide bonds. The number of anilines is 1. The third kappa shape index (κ3) is 5.73. The molecule has 1 aliphatic heterocycles. The number of carbonyl (C=O) groups excluding carboxylic acids is 1. The van der Waals surface area contributed by atoms with Crippen molar-refractivity contribution in [1.29, 1.82) is 0 Å². The van der Waals surface area contributed by atoms with Gasteiger partial charge in [-0.3, -0.25) is 4.57 Å². The fourth-order valence-electron chi connectivity index (χ4n) is 4.01. The molecule has 1 fully saturated rings. The molecule has 188 valence electrons. The first-order valence-electron chi connectivity index (χ1n) is 10.9. The van der Waals surface area contributed by atoms with Crippen molar-refractivity contribution in [1.82, 2.24) is 19.4 Å². The van der Waals surface area contributed by atoms with E-state index in [1.807, 2.05) is 27.7 Å². The van der Waals surface area contributed by atoms with Gasteiger partial charge >= 0.3 is 12.5 Å². The molecule has 1 atom stereocenters. The molecule has 1 aliphatic rings. The number of piperazine rings is 1. The molecule has 1 aromatic carbocycles. The summed E-state index contributed by atoms with van der Waals surface area (Å²) in [7, 11) is 0.